The smallest absolute Gasteiger partial charge is 0.240 e. The lowest BCUT2D eigenvalue weighted by molar-refractivity contribution is -0.121. The zero-order chi connectivity index (χ0) is 20.8. The highest BCUT2D eigenvalue weighted by molar-refractivity contribution is 5.97. The summed E-state index contributed by atoms with van der Waals surface area (Å²) in [5.41, 5.74) is 4.28. The number of benzene rings is 2. The van der Waals surface area contributed by atoms with Crippen LogP contribution in [0.15, 0.2) is 60.7 Å². The third-order valence-corrected chi connectivity index (χ3v) is 4.84. The van der Waals surface area contributed by atoms with Crippen LogP contribution in [0.3, 0.4) is 0 Å². The Morgan fingerprint density at radius 3 is 2.34 bits per heavy atom. The topological polar surface area (TPSA) is 60.3 Å². The highest BCUT2D eigenvalue weighted by Gasteiger charge is 2.17. The lowest BCUT2D eigenvalue weighted by atomic mass is 10.1. The maximum absolute atomic E-state index is 12.6. The van der Waals surface area contributed by atoms with E-state index >= 15 is 0 Å². The molecule has 3 rings (SSSR count). The van der Waals surface area contributed by atoms with Gasteiger partial charge in [-0.1, -0.05) is 42.5 Å². The van der Waals surface area contributed by atoms with Gasteiger partial charge in [0.2, 0.25) is 5.91 Å². The first-order valence-electron chi connectivity index (χ1n) is 9.74. The van der Waals surface area contributed by atoms with Crippen molar-refractivity contribution >= 4 is 11.7 Å². The van der Waals surface area contributed by atoms with E-state index in [9.17, 15) is 9.59 Å². The fraction of sp³-hybridized carbons (Fsp3) is 0.250. The standard InChI is InChI=1S/C24H26N2O3/c1-4-29-21-12-10-19(11-13-21)15-25-24(28)16-26-17(2)22(18(3)27)14-23(26)20-8-6-5-7-9-20/h5-14H,4,15-16H2,1-3H3,(H,25,28). The molecular weight excluding hydrogens is 364 g/mol. The van der Waals surface area contributed by atoms with Crippen molar-refractivity contribution < 1.29 is 14.3 Å². The number of carbonyl (C=O) groups excluding carboxylic acids is 2. The molecule has 5 nitrogen and oxygen atoms in total. The number of ketones is 1. The number of rotatable bonds is 8. The van der Waals surface area contributed by atoms with Gasteiger partial charge in [-0.25, -0.2) is 0 Å². The summed E-state index contributed by atoms with van der Waals surface area (Å²) in [6.07, 6.45) is 0. The SMILES string of the molecule is CCOc1ccc(CNC(=O)Cn2c(-c3ccccc3)cc(C(C)=O)c2C)cc1. The van der Waals surface area contributed by atoms with Crippen molar-refractivity contribution in [1.82, 2.24) is 9.88 Å². The zero-order valence-corrected chi connectivity index (χ0v) is 17.1. The second-order valence-electron chi connectivity index (χ2n) is 6.89. The summed E-state index contributed by atoms with van der Waals surface area (Å²) in [6, 6.07) is 19.3. The number of amides is 1. The highest BCUT2D eigenvalue weighted by Crippen LogP contribution is 2.26. The van der Waals surface area contributed by atoms with E-state index in [0.717, 1.165) is 28.3 Å². The molecule has 0 aliphatic heterocycles. The Hall–Kier alpha value is -3.34. The minimum absolute atomic E-state index is 0.00627. The zero-order valence-electron chi connectivity index (χ0n) is 17.1. The molecule has 0 spiro atoms. The van der Waals surface area contributed by atoms with Gasteiger partial charge < -0.3 is 14.6 Å². The van der Waals surface area contributed by atoms with E-state index in [1.54, 1.807) is 6.92 Å². The fourth-order valence-electron chi connectivity index (χ4n) is 3.32. The summed E-state index contributed by atoms with van der Waals surface area (Å²) in [4.78, 5) is 24.6. The Labute approximate surface area is 171 Å². The molecule has 5 heteroatoms. The van der Waals surface area contributed by atoms with E-state index in [1.165, 1.54) is 0 Å². The fourth-order valence-corrected chi connectivity index (χ4v) is 3.32. The maximum Gasteiger partial charge on any atom is 0.240 e. The van der Waals surface area contributed by atoms with Gasteiger partial charge >= 0.3 is 0 Å². The number of nitrogens with zero attached hydrogens (tertiary/aromatic N) is 1. The first-order chi connectivity index (χ1) is 14.0. The van der Waals surface area contributed by atoms with Crippen molar-refractivity contribution in [2.45, 2.75) is 33.9 Å². The van der Waals surface area contributed by atoms with E-state index in [2.05, 4.69) is 5.32 Å². The van der Waals surface area contributed by atoms with Crippen molar-refractivity contribution in [2.75, 3.05) is 6.61 Å². The van der Waals surface area contributed by atoms with Crippen LogP contribution in [0.25, 0.3) is 11.3 Å². The molecule has 0 saturated heterocycles. The molecule has 1 N–H and O–H groups in total. The van der Waals surface area contributed by atoms with Crippen LogP contribution in [0, 0.1) is 6.92 Å². The van der Waals surface area contributed by atoms with E-state index in [1.807, 2.05) is 79.1 Å². The molecule has 1 heterocycles. The first kappa shape index (κ1) is 20.4. The van der Waals surface area contributed by atoms with Gasteiger partial charge in [0, 0.05) is 23.5 Å². The second kappa shape index (κ2) is 9.24. The highest BCUT2D eigenvalue weighted by atomic mass is 16.5. The molecule has 0 aliphatic carbocycles. The van der Waals surface area contributed by atoms with Crippen molar-refractivity contribution in [3.63, 3.8) is 0 Å². The minimum atomic E-state index is -0.107. The summed E-state index contributed by atoms with van der Waals surface area (Å²) in [7, 11) is 0. The van der Waals surface area contributed by atoms with Crippen LogP contribution in [0.2, 0.25) is 0 Å². The molecular formula is C24H26N2O3. The number of nitrogens with one attached hydrogen (secondary N) is 1. The van der Waals surface area contributed by atoms with E-state index in [0.29, 0.717) is 18.7 Å². The van der Waals surface area contributed by atoms with Gasteiger partial charge in [0.25, 0.3) is 0 Å². The van der Waals surface area contributed by atoms with E-state index in [4.69, 9.17) is 4.74 Å². The summed E-state index contributed by atoms with van der Waals surface area (Å²) in [6.45, 7) is 6.58. The van der Waals surface area contributed by atoms with Crippen molar-refractivity contribution in [2.24, 2.45) is 0 Å². The van der Waals surface area contributed by atoms with Crippen LogP contribution in [0.1, 0.15) is 35.5 Å². The average Bonchev–Trinajstić information content (AvgIpc) is 3.05. The van der Waals surface area contributed by atoms with Crippen molar-refractivity contribution in [3.8, 4) is 17.0 Å². The molecule has 29 heavy (non-hydrogen) atoms. The van der Waals surface area contributed by atoms with Gasteiger partial charge in [-0.3, -0.25) is 9.59 Å². The molecule has 3 aromatic rings. The Morgan fingerprint density at radius 2 is 1.72 bits per heavy atom. The lowest BCUT2D eigenvalue weighted by Crippen LogP contribution is -2.27. The Bertz CT molecular complexity index is 989. The molecule has 150 valence electrons. The molecule has 0 radical (unpaired) electrons. The molecule has 0 bridgehead atoms. The predicted molar refractivity (Wildman–Crippen MR) is 114 cm³/mol. The van der Waals surface area contributed by atoms with E-state index < -0.39 is 0 Å². The predicted octanol–water partition coefficient (Wildman–Crippen LogP) is 4.38. The van der Waals surface area contributed by atoms with Gasteiger partial charge in [0.05, 0.1) is 6.61 Å². The van der Waals surface area contributed by atoms with Gasteiger partial charge in [0.15, 0.2) is 5.78 Å². The first-order valence-corrected chi connectivity index (χ1v) is 9.74. The number of ether oxygens (including phenoxy) is 1. The molecule has 1 aromatic heterocycles. The van der Waals surface area contributed by atoms with Gasteiger partial charge in [-0.05, 0) is 50.1 Å². The molecule has 0 unspecified atom stereocenters. The molecule has 1 amide bonds. The van der Waals surface area contributed by atoms with Crippen molar-refractivity contribution in [3.05, 3.63) is 77.5 Å². The normalized spacial score (nSPS) is 10.6. The Balaban J connectivity index is 1.74. The Morgan fingerprint density at radius 1 is 1.03 bits per heavy atom. The van der Waals surface area contributed by atoms with Crippen LogP contribution in [-0.2, 0) is 17.9 Å². The van der Waals surface area contributed by atoms with Crippen molar-refractivity contribution in [1.29, 1.82) is 0 Å². The summed E-state index contributed by atoms with van der Waals surface area (Å²) in [5.74, 6) is 0.702. The van der Waals surface area contributed by atoms with Crippen LogP contribution in [0.4, 0.5) is 0 Å². The molecule has 0 saturated carbocycles. The number of carbonyl (C=O) groups is 2. The average molecular weight is 390 g/mol. The van der Waals surface area contributed by atoms with Crippen LogP contribution in [-0.4, -0.2) is 22.9 Å². The summed E-state index contributed by atoms with van der Waals surface area (Å²) >= 11 is 0. The van der Waals surface area contributed by atoms with Gasteiger partial charge in [0.1, 0.15) is 12.3 Å². The molecule has 0 fully saturated rings. The molecule has 2 aromatic carbocycles. The maximum atomic E-state index is 12.6. The number of Topliss-reactive ketones (excluding diaryl/α,β-unsaturated/α-hetero) is 1. The van der Waals surface area contributed by atoms with Crippen LogP contribution < -0.4 is 10.1 Å². The third kappa shape index (κ3) is 4.93. The monoisotopic (exact) mass is 390 g/mol. The van der Waals surface area contributed by atoms with E-state index in [-0.39, 0.29) is 18.2 Å². The summed E-state index contributed by atoms with van der Waals surface area (Å²) in [5, 5.41) is 2.96. The number of hydrogen-bond donors (Lipinski definition) is 1. The van der Waals surface area contributed by atoms with Gasteiger partial charge in [-0.15, -0.1) is 0 Å². The van der Waals surface area contributed by atoms with Crippen LogP contribution in [0.5, 0.6) is 5.75 Å². The lowest BCUT2D eigenvalue weighted by Gasteiger charge is -2.13. The number of aromatic nitrogens is 1. The minimum Gasteiger partial charge on any atom is -0.494 e. The second-order valence-corrected chi connectivity index (χ2v) is 6.89. The molecule has 0 atom stereocenters. The van der Waals surface area contributed by atoms with Gasteiger partial charge in [-0.2, -0.15) is 0 Å². The quantitative estimate of drug-likeness (QED) is 0.581. The number of hydrogen-bond acceptors (Lipinski definition) is 3. The third-order valence-electron chi connectivity index (χ3n) is 4.84. The molecule has 0 aliphatic rings. The van der Waals surface area contributed by atoms with Crippen LogP contribution >= 0.6 is 0 Å². The largest absolute Gasteiger partial charge is 0.494 e. The Kier molecular flexibility index (Phi) is 6.50. The summed E-state index contributed by atoms with van der Waals surface area (Å²) < 4.78 is 7.34.